The van der Waals surface area contributed by atoms with Crippen molar-refractivity contribution in [1.29, 1.82) is 0 Å². The van der Waals surface area contributed by atoms with Crippen LogP contribution < -0.4 is 5.32 Å². The highest BCUT2D eigenvalue weighted by Crippen LogP contribution is 2.23. The summed E-state index contributed by atoms with van der Waals surface area (Å²) in [5, 5.41) is 2.93. The monoisotopic (exact) mass is 345 g/mol. The zero-order chi connectivity index (χ0) is 18.6. The van der Waals surface area contributed by atoms with Gasteiger partial charge in [0.15, 0.2) is 0 Å². The zero-order valence-electron chi connectivity index (χ0n) is 16.1. The molecule has 0 unspecified atom stereocenters. The summed E-state index contributed by atoms with van der Waals surface area (Å²) < 4.78 is 0. The lowest BCUT2D eigenvalue weighted by atomic mass is 9.96. The van der Waals surface area contributed by atoms with Gasteiger partial charge < -0.3 is 15.1 Å². The average molecular weight is 345 g/mol. The number of piperidine rings is 1. The molecule has 25 heavy (non-hydrogen) atoms. The van der Waals surface area contributed by atoms with Gasteiger partial charge in [-0.2, -0.15) is 0 Å². The van der Waals surface area contributed by atoms with E-state index in [1.807, 2.05) is 43.1 Å². The van der Waals surface area contributed by atoms with E-state index in [1.54, 1.807) is 0 Å². The molecular formula is C20H31N3O2. The van der Waals surface area contributed by atoms with Gasteiger partial charge in [0, 0.05) is 32.6 Å². The van der Waals surface area contributed by atoms with Crippen LogP contribution in [0, 0.1) is 6.92 Å². The van der Waals surface area contributed by atoms with Gasteiger partial charge in [-0.05, 0) is 39.3 Å². The molecule has 138 valence electrons. The van der Waals surface area contributed by atoms with Crippen molar-refractivity contribution in [3.8, 4) is 0 Å². The van der Waals surface area contributed by atoms with Gasteiger partial charge in [-0.25, -0.2) is 0 Å². The molecule has 1 aliphatic rings. The molecule has 0 saturated carbocycles. The third-order valence-electron chi connectivity index (χ3n) is 5.36. The van der Waals surface area contributed by atoms with Crippen LogP contribution in [0.2, 0.25) is 0 Å². The Kier molecular flexibility index (Phi) is 6.59. The molecule has 0 aliphatic carbocycles. The van der Waals surface area contributed by atoms with E-state index in [-0.39, 0.29) is 23.9 Å². The SMILES string of the molecule is CC(=O)N[C@H](CC(=O)N(C)[C@@H]1CCN(C)[C@H](C)C1)c1ccc(C)cc1. The fraction of sp³-hybridized carbons (Fsp3) is 0.600. The fourth-order valence-electron chi connectivity index (χ4n) is 3.43. The van der Waals surface area contributed by atoms with E-state index < -0.39 is 0 Å². The van der Waals surface area contributed by atoms with Crippen LogP contribution in [0.5, 0.6) is 0 Å². The van der Waals surface area contributed by atoms with Gasteiger partial charge in [0.05, 0.1) is 12.5 Å². The molecule has 3 atom stereocenters. The molecule has 1 aromatic carbocycles. The lowest BCUT2D eigenvalue weighted by Crippen LogP contribution is -2.48. The van der Waals surface area contributed by atoms with Crippen molar-refractivity contribution in [3.63, 3.8) is 0 Å². The van der Waals surface area contributed by atoms with Crippen LogP contribution in [-0.2, 0) is 9.59 Å². The van der Waals surface area contributed by atoms with Crippen molar-refractivity contribution >= 4 is 11.8 Å². The summed E-state index contributed by atoms with van der Waals surface area (Å²) in [6, 6.07) is 8.47. The van der Waals surface area contributed by atoms with E-state index >= 15 is 0 Å². The van der Waals surface area contributed by atoms with Crippen molar-refractivity contribution < 1.29 is 9.59 Å². The van der Waals surface area contributed by atoms with Gasteiger partial charge in [0.2, 0.25) is 11.8 Å². The van der Waals surface area contributed by atoms with Gasteiger partial charge in [0.25, 0.3) is 0 Å². The molecule has 5 nitrogen and oxygen atoms in total. The van der Waals surface area contributed by atoms with Gasteiger partial charge >= 0.3 is 0 Å². The normalized spacial score (nSPS) is 22.3. The summed E-state index contributed by atoms with van der Waals surface area (Å²) >= 11 is 0. The second-order valence-electron chi connectivity index (χ2n) is 7.38. The van der Waals surface area contributed by atoms with E-state index in [2.05, 4.69) is 24.2 Å². The molecule has 1 fully saturated rings. The number of benzene rings is 1. The second kappa shape index (κ2) is 8.48. The third kappa shape index (κ3) is 5.30. The lowest BCUT2D eigenvalue weighted by molar-refractivity contribution is -0.134. The fourth-order valence-corrected chi connectivity index (χ4v) is 3.43. The minimum Gasteiger partial charge on any atom is -0.349 e. The van der Waals surface area contributed by atoms with Crippen LogP contribution in [0.3, 0.4) is 0 Å². The number of nitrogens with zero attached hydrogens (tertiary/aromatic N) is 2. The van der Waals surface area contributed by atoms with Crippen molar-refractivity contribution in [2.45, 2.75) is 58.2 Å². The van der Waals surface area contributed by atoms with Gasteiger partial charge in [-0.3, -0.25) is 9.59 Å². The number of nitrogens with one attached hydrogen (secondary N) is 1. The summed E-state index contributed by atoms with van der Waals surface area (Å²) in [4.78, 5) is 28.6. The molecule has 1 N–H and O–H groups in total. The van der Waals surface area contributed by atoms with E-state index in [1.165, 1.54) is 6.92 Å². The predicted octanol–water partition coefficient (Wildman–Crippen LogP) is 2.50. The highest BCUT2D eigenvalue weighted by molar-refractivity contribution is 5.79. The predicted molar refractivity (Wildman–Crippen MR) is 100 cm³/mol. The van der Waals surface area contributed by atoms with Crippen LogP contribution in [0.1, 0.15) is 50.3 Å². The molecule has 0 radical (unpaired) electrons. The molecule has 2 rings (SSSR count). The molecule has 5 heteroatoms. The Morgan fingerprint density at radius 3 is 2.52 bits per heavy atom. The number of amides is 2. The molecule has 0 spiro atoms. The molecule has 2 amide bonds. The van der Waals surface area contributed by atoms with Crippen LogP contribution in [-0.4, -0.2) is 54.3 Å². The standard InChI is InChI=1S/C20H31N3O2/c1-14-6-8-17(9-7-14)19(21-16(3)24)13-20(25)23(5)18-10-11-22(4)15(2)12-18/h6-9,15,18-19H,10-13H2,1-5H3,(H,21,24)/t15-,18-,19-/m1/s1. The van der Waals surface area contributed by atoms with Crippen LogP contribution >= 0.6 is 0 Å². The molecule has 0 aromatic heterocycles. The Labute approximate surface area is 151 Å². The maximum Gasteiger partial charge on any atom is 0.224 e. The van der Waals surface area contributed by atoms with Gasteiger partial charge in [0.1, 0.15) is 0 Å². The van der Waals surface area contributed by atoms with Crippen molar-refractivity contribution in [2.75, 3.05) is 20.6 Å². The van der Waals surface area contributed by atoms with E-state index in [0.29, 0.717) is 12.5 Å². The van der Waals surface area contributed by atoms with Crippen molar-refractivity contribution in [3.05, 3.63) is 35.4 Å². The topological polar surface area (TPSA) is 52.7 Å². The molecular weight excluding hydrogens is 314 g/mol. The molecule has 1 saturated heterocycles. The zero-order valence-corrected chi connectivity index (χ0v) is 16.1. The minimum atomic E-state index is -0.281. The molecule has 0 bridgehead atoms. The van der Waals surface area contributed by atoms with Crippen LogP contribution in [0.25, 0.3) is 0 Å². The second-order valence-corrected chi connectivity index (χ2v) is 7.38. The van der Waals surface area contributed by atoms with Crippen LogP contribution in [0.15, 0.2) is 24.3 Å². The Morgan fingerprint density at radius 1 is 1.32 bits per heavy atom. The number of carbonyl (C=O) groups is 2. The lowest BCUT2D eigenvalue weighted by Gasteiger charge is -2.39. The summed E-state index contributed by atoms with van der Waals surface area (Å²) in [6.45, 7) is 6.73. The summed E-state index contributed by atoms with van der Waals surface area (Å²) in [5.41, 5.74) is 2.13. The maximum absolute atomic E-state index is 12.8. The van der Waals surface area contributed by atoms with Crippen molar-refractivity contribution in [2.24, 2.45) is 0 Å². The number of likely N-dealkylation sites (tertiary alicyclic amines) is 1. The molecule has 1 aromatic rings. The average Bonchev–Trinajstić information content (AvgIpc) is 2.56. The number of carbonyl (C=O) groups excluding carboxylic acids is 2. The number of aryl methyl sites for hydroxylation is 1. The van der Waals surface area contributed by atoms with Gasteiger partial charge in [-0.1, -0.05) is 29.8 Å². The van der Waals surface area contributed by atoms with E-state index in [9.17, 15) is 9.59 Å². The Balaban J connectivity index is 2.05. The van der Waals surface area contributed by atoms with Gasteiger partial charge in [-0.15, -0.1) is 0 Å². The Bertz CT molecular complexity index is 599. The first-order valence-corrected chi connectivity index (χ1v) is 9.07. The number of rotatable bonds is 5. The quantitative estimate of drug-likeness (QED) is 0.892. The summed E-state index contributed by atoms with van der Waals surface area (Å²) in [7, 11) is 4.03. The maximum atomic E-state index is 12.8. The molecule has 1 aliphatic heterocycles. The first kappa shape index (κ1) is 19.4. The number of hydrogen-bond donors (Lipinski definition) is 1. The minimum absolute atomic E-state index is 0.0843. The van der Waals surface area contributed by atoms with E-state index in [4.69, 9.17) is 0 Å². The largest absolute Gasteiger partial charge is 0.349 e. The number of hydrogen-bond acceptors (Lipinski definition) is 3. The highest BCUT2D eigenvalue weighted by atomic mass is 16.2. The molecule has 1 heterocycles. The van der Waals surface area contributed by atoms with Crippen LogP contribution in [0.4, 0.5) is 0 Å². The van der Waals surface area contributed by atoms with E-state index in [0.717, 1.165) is 30.5 Å². The summed E-state index contributed by atoms with van der Waals surface area (Å²) in [6.07, 6.45) is 2.28. The summed E-state index contributed by atoms with van der Waals surface area (Å²) in [5.74, 6) is -0.0324. The Morgan fingerprint density at radius 2 is 1.96 bits per heavy atom. The highest BCUT2D eigenvalue weighted by Gasteiger charge is 2.29. The smallest absolute Gasteiger partial charge is 0.224 e. The first-order chi connectivity index (χ1) is 11.8. The first-order valence-electron chi connectivity index (χ1n) is 9.07. The third-order valence-corrected chi connectivity index (χ3v) is 5.36. The Hall–Kier alpha value is -1.88. The van der Waals surface area contributed by atoms with Crippen molar-refractivity contribution in [1.82, 2.24) is 15.1 Å².